The second-order valence-corrected chi connectivity index (χ2v) is 13.1. The van der Waals surface area contributed by atoms with Crippen molar-refractivity contribution in [1.82, 2.24) is 15.1 Å². The number of allylic oxidation sites excluding steroid dienone is 1. The van der Waals surface area contributed by atoms with Crippen LogP contribution in [0.2, 0.25) is 0 Å². The minimum absolute atomic E-state index is 0.124. The van der Waals surface area contributed by atoms with Gasteiger partial charge in [0.25, 0.3) is 0 Å². The lowest BCUT2D eigenvalue weighted by Gasteiger charge is -2.43. The summed E-state index contributed by atoms with van der Waals surface area (Å²) in [5, 5.41) is 13.0. The first-order chi connectivity index (χ1) is 18.8. The molecule has 3 heterocycles. The van der Waals surface area contributed by atoms with Crippen LogP contribution in [-0.4, -0.2) is 98.6 Å². The SMILES string of the molecule is C=CCCC(=O)NC[C@@H](C)OC(=O)[C@@H]1[C@H]2O[C@@]3(CC2Br)[C@H](C(=O)N(CC=C)C(C)(C)C)N([C@@H](CC)CO)C(=O)[C@@H]13. The molecule has 8 atom stereocenters. The number of carbonyl (C=O) groups is 4. The maximum atomic E-state index is 14.3. The third kappa shape index (κ3) is 5.87. The molecular formula is C29H44BrN3O7. The molecule has 3 aliphatic rings. The maximum Gasteiger partial charge on any atom is 0.312 e. The highest BCUT2D eigenvalue weighted by Gasteiger charge is 2.77. The van der Waals surface area contributed by atoms with Gasteiger partial charge in [-0.05, 0) is 47.0 Å². The van der Waals surface area contributed by atoms with Crippen LogP contribution in [0.1, 0.15) is 60.3 Å². The van der Waals surface area contributed by atoms with Gasteiger partial charge in [-0.2, -0.15) is 0 Å². The van der Waals surface area contributed by atoms with Crippen LogP contribution in [0.3, 0.4) is 0 Å². The average molecular weight is 627 g/mol. The maximum absolute atomic E-state index is 14.3. The van der Waals surface area contributed by atoms with Crippen LogP contribution >= 0.6 is 15.9 Å². The molecule has 0 aromatic rings. The Morgan fingerprint density at radius 1 is 1.32 bits per heavy atom. The minimum Gasteiger partial charge on any atom is -0.460 e. The van der Waals surface area contributed by atoms with Gasteiger partial charge < -0.3 is 29.7 Å². The Bertz CT molecular complexity index is 1010. The Labute approximate surface area is 245 Å². The van der Waals surface area contributed by atoms with Crippen molar-refractivity contribution in [2.45, 2.75) is 101 Å². The third-order valence-corrected chi connectivity index (χ3v) is 9.02. The number of alkyl halides is 1. The molecule has 3 fully saturated rings. The summed E-state index contributed by atoms with van der Waals surface area (Å²) in [6.07, 6.45) is 3.60. The van der Waals surface area contributed by atoms with Gasteiger partial charge in [-0.1, -0.05) is 35.0 Å². The number of rotatable bonds is 13. The third-order valence-electron chi connectivity index (χ3n) is 8.18. The molecule has 3 amide bonds. The van der Waals surface area contributed by atoms with Crippen molar-refractivity contribution >= 4 is 39.6 Å². The van der Waals surface area contributed by atoms with Crippen molar-refractivity contribution in [1.29, 1.82) is 0 Å². The minimum atomic E-state index is -1.26. The molecule has 11 heteroatoms. The fraction of sp³-hybridized carbons (Fsp3) is 0.724. The first kappa shape index (κ1) is 32.3. The Kier molecular flexibility index (Phi) is 10.3. The van der Waals surface area contributed by atoms with E-state index in [2.05, 4.69) is 34.4 Å². The number of aliphatic hydroxyl groups excluding tert-OH is 1. The van der Waals surface area contributed by atoms with Crippen molar-refractivity contribution in [3.63, 3.8) is 0 Å². The quantitative estimate of drug-likeness (QED) is 0.183. The summed E-state index contributed by atoms with van der Waals surface area (Å²) in [6.45, 7) is 16.7. The summed E-state index contributed by atoms with van der Waals surface area (Å²) >= 11 is 3.65. The van der Waals surface area contributed by atoms with Gasteiger partial charge in [0, 0.05) is 23.3 Å². The van der Waals surface area contributed by atoms with E-state index < -0.39 is 53.2 Å². The zero-order chi connectivity index (χ0) is 30.0. The number of aliphatic hydroxyl groups is 1. The van der Waals surface area contributed by atoms with Gasteiger partial charge in [0.2, 0.25) is 17.7 Å². The van der Waals surface area contributed by atoms with Crippen LogP contribution in [0.4, 0.5) is 0 Å². The highest BCUT2D eigenvalue weighted by Crippen LogP contribution is 2.61. The van der Waals surface area contributed by atoms with E-state index >= 15 is 0 Å². The lowest BCUT2D eigenvalue weighted by Crippen LogP contribution is -2.61. The van der Waals surface area contributed by atoms with E-state index in [0.29, 0.717) is 25.7 Å². The fourth-order valence-corrected chi connectivity index (χ4v) is 7.23. The average Bonchev–Trinajstić information content (AvgIpc) is 3.48. The Balaban J connectivity index is 1.95. The smallest absolute Gasteiger partial charge is 0.312 e. The van der Waals surface area contributed by atoms with E-state index in [1.165, 1.54) is 4.90 Å². The van der Waals surface area contributed by atoms with Crippen LogP contribution in [0, 0.1) is 11.8 Å². The predicted octanol–water partition coefficient (Wildman–Crippen LogP) is 2.33. The molecule has 0 radical (unpaired) electrons. The summed E-state index contributed by atoms with van der Waals surface area (Å²) in [7, 11) is 0. The predicted molar refractivity (Wildman–Crippen MR) is 153 cm³/mol. The van der Waals surface area contributed by atoms with Gasteiger partial charge in [0.1, 0.15) is 17.7 Å². The molecule has 1 unspecified atom stereocenters. The molecule has 2 N–H and O–H groups in total. The Morgan fingerprint density at radius 3 is 2.55 bits per heavy atom. The summed E-state index contributed by atoms with van der Waals surface area (Å²) in [4.78, 5) is 56.9. The highest BCUT2D eigenvalue weighted by atomic mass is 79.9. The summed E-state index contributed by atoms with van der Waals surface area (Å²) in [6, 6.07) is -1.64. The largest absolute Gasteiger partial charge is 0.460 e. The molecule has 0 aromatic carbocycles. The lowest BCUT2D eigenvalue weighted by atomic mass is 9.70. The van der Waals surface area contributed by atoms with E-state index in [1.807, 2.05) is 27.7 Å². The molecule has 0 aliphatic carbocycles. The number of nitrogens with one attached hydrogen (secondary N) is 1. The summed E-state index contributed by atoms with van der Waals surface area (Å²) in [5.41, 5.74) is -1.84. The molecule has 3 rings (SSSR count). The first-order valence-corrected chi connectivity index (χ1v) is 15.0. The number of hydrogen-bond acceptors (Lipinski definition) is 7. The van der Waals surface area contributed by atoms with E-state index in [9.17, 15) is 24.3 Å². The van der Waals surface area contributed by atoms with Crippen LogP contribution in [0.15, 0.2) is 25.3 Å². The van der Waals surface area contributed by atoms with Crippen LogP contribution in [-0.2, 0) is 28.7 Å². The molecule has 40 heavy (non-hydrogen) atoms. The zero-order valence-electron chi connectivity index (χ0n) is 24.2. The van der Waals surface area contributed by atoms with Crippen LogP contribution < -0.4 is 5.32 Å². The van der Waals surface area contributed by atoms with E-state index in [-0.39, 0.29) is 42.2 Å². The Morgan fingerprint density at radius 2 is 2.00 bits per heavy atom. The second kappa shape index (κ2) is 12.7. The van der Waals surface area contributed by atoms with Gasteiger partial charge >= 0.3 is 5.97 Å². The number of fused-ring (bicyclic) bond motifs is 1. The lowest BCUT2D eigenvalue weighted by molar-refractivity contribution is -0.160. The number of likely N-dealkylation sites (tertiary alicyclic amines) is 1. The van der Waals surface area contributed by atoms with E-state index in [1.54, 1.807) is 24.0 Å². The number of carbonyl (C=O) groups excluding carboxylic acids is 4. The molecule has 224 valence electrons. The molecular weight excluding hydrogens is 582 g/mol. The first-order valence-electron chi connectivity index (χ1n) is 14.0. The van der Waals surface area contributed by atoms with Crippen LogP contribution in [0.5, 0.6) is 0 Å². The van der Waals surface area contributed by atoms with Crippen molar-refractivity contribution < 1.29 is 33.8 Å². The van der Waals surface area contributed by atoms with Gasteiger partial charge in [-0.3, -0.25) is 19.2 Å². The molecule has 2 bridgehead atoms. The van der Waals surface area contributed by atoms with Gasteiger partial charge in [0.15, 0.2) is 0 Å². The molecule has 3 aliphatic heterocycles. The number of nitrogens with zero attached hydrogens (tertiary/aromatic N) is 2. The topological polar surface area (TPSA) is 125 Å². The van der Waals surface area contributed by atoms with Crippen molar-refractivity contribution in [2.75, 3.05) is 19.7 Å². The number of ether oxygens (including phenoxy) is 2. The highest BCUT2D eigenvalue weighted by molar-refractivity contribution is 9.09. The van der Waals surface area contributed by atoms with Crippen molar-refractivity contribution in [3.8, 4) is 0 Å². The van der Waals surface area contributed by atoms with E-state index in [0.717, 1.165) is 0 Å². The normalized spacial score (nSPS) is 30.4. The molecule has 10 nitrogen and oxygen atoms in total. The molecule has 0 aromatic heterocycles. The van der Waals surface area contributed by atoms with E-state index in [4.69, 9.17) is 9.47 Å². The van der Waals surface area contributed by atoms with Crippen molar-refractivity contribution in [3.05, 3.63) is 25.3 Å². The van der Waals surface area contributed by atoms with Crippen LogP contribution in [0.25, 0.3) is 0 Å². The second-order valence-electron chi connectivity index (χ2n) is 11.9. The summed E-state index contributed by atoms with van der Waals surface area (Å²) in [5.74, 6) is -3.35. The number of hydrogen-bond donors (Lipinski definition) is 2. The van der Waals surface area contributed by atoms with Gasteiger partial charge in [0.05, 0.1) is 37.1 Å². The van der Waals surface area contributed by atoms with Gasteiger partial charge in [-0.15, -0.1) is 13.2 Å². The number of halogens is 1. The van der Waals surface area contributed by atoms with Crippen molar-refractivity contribution in [2.24, 2.45) is 11.8 Å². The molecule has 1 spiro atoms. The Hall–Kier alpha value is -2.24. The zero-order valence-corrected chi connectivity index (χ0v) is 25.8. The standard InChI is InChI=1S/C29H44BrN3O7/c1-8-11-12-20(35)31-15-17(4)39-27(38)21-22-25(36)33(18(10-3)16-34)24(29(22)14-19(30)23(21)40-29)26(37)32(13-9-2)28(5,6)7/h8-9,17-19,21-24,34H,1-2,10-16H2,3-7H3,(H,31,35)/t17-,18+,19?,21+,22-,23+,24+,29-/m1/s1. The summed E-state index contributed by atoms with van der Waals surface area (Å²) < 4.78 is 12.2. The number of esters is 1. The number of amides is 3. The van der Waals surface area contributed by atoms with Gasteiger partial charge in [-0.25, -0.2) is 0 Å². The monoisotopic (exact) mass is 625 g/mol. The fourth-order valence-electron chi connectivity index (χ4n) is 6.29. The molecule has 0 saturated carbocycles. The molecule has 3 saturated heterocycles.